The number of nitrogens with one attached hydrogen (secondary N) is 1. The zero-order chi connectivity index (χ0) is 21.1. The fourth-order valence-corrected chi connectivity index (χ4v) is 2.53. The number of nitrogen functional groups attached to an aromatic ring is 1. The van der Waals surface area contributed by atoms with Gasteiger partial charge in [-0.15, -0.1) is 5.92 Å². The molecule has 0 fully saturated rings. The van der Waals surface area contributed by atoms with Crippen molar-refractivity contribution in [1.82, 2.24) is 10.3 Å². The molecule has 0 aliphatic rings. The number of halogens is 1. The number of amides is 1. The number of ether oxygens (including phenoxy) is 2. The number of carbonyl (C=O) groups is 1. The molecule has 7 heteroatoms. The van der Waals surface area contributed by atoms with E-state index in [1.807, 2.05) is 0 Å². The predicted molar refractivity (Wildman–Crippen MR) is 110 cm³/mol. The van der Waals surface area contributed by atoms with Crippen LogP contribution < -0.4 is 15.8 Å². The number of hydrogen-bond acceptors (Lipinski definition) is 5. The van der Waals surface area contributed by atoms with Gasteiger partial charge < -0.3 is 20.5 Å². The van der Waals surface area contributed by atoms with Crippen molar-refractivity contribution < 1.29 is 18.7 Å². The maximum Gasteiger partial charge on any atom is 0.255 e. The van der Waals surface area contributed by atoms with Crippen LogP contribution in [0.25, 0.3) is 0 Å². The summed E-state index contributed by atoms with van der Waals surface area (Å²) in [6.45, 7) is 2.66. The Bertz CT molecular complexity index is 891. The molecule has 0 bridgehead atoms. The van der Waals surface area contributed by atoms with Crippen LogP contribution in [0.15, 0.2) is 30.3 Å². The van der Waals surface area contributed by atoms with Crippen LogP contribution in [0.1, 0.15) is 47.8 Å². The number of nitrogens with two attached hydrogens (primary N) is 1. The Balaban J connectivity index is 1.95. The van der Waals surface area contributed by atoms with Gasteiger partial charge in [-0.3, -0.25) is 4.79 Å². The Kier molecular flexibility index (Phi) is 8.93. The molecule has 0 aliphatic carbocycles. The molecule has 1 heterocycles. The number of hydrogen-bond donors (Lipinski definition) is 2. The lowest BCUT2D eigenvalue weighted by molar-refractivity contribution is 0.0951. The highest BCUT2D eigenvalue weighted by atomic mass is 19.1. The van der Waals surface area contributed by atoms with Crippen molar-refractivity contribution in [1.29, 1.82) is 0 Å². The van der Waals surface area contributed by atoms with Crippen molar-refractivity contribution in [3.8, 4) is 17.6 Å². The second-order valence-corrected chi connectivity index (χ2v) is 6.28. The summed E-state index contributed by atoms with van der Waals surface area (Å²) in [4.78, 5) is 16.5. The van der Waals surface area contributed by atoms with Gasteiger partial charge in [-0.2, -0.15) is 0 Å². The van der Waals surface area contributed by atoms with E-state index in [-0.39, 0.29) is 23.7 Å². The Labute approximate surface area is 170 Å². The topological polar surface area (TPSA) is 86.5 Å². The van der Waals surface area contributed by atoms with E-state index >= 15 is 0 Å². The summed E-state index contributed by atoms with van der Waals surface area (Å²) in [5.41, 5.74) is 7.00. The fraction of sp³-hybridized carbons (Fsp3) is 0.364. The van der Waals surface area contributed by atoms with Gasteiger partial charge in [0.1, 0.15) is 5.82 Å². The van der Waals surface area contributed by atoms with Gasteiger partial charge in [0, 0.05) is 32.1 Å². The van der Waals surface area contributed by atoms with E-state index in [2.05, 4.69) is 29.1 Å². The number of aromatic nitrogens is 1. The SMILES string of the molecule is CCCC#CCCOc1cccc(CNC(=O)c2ccc(COC)nc2N)c1F. The Morgan fingerprint density at radius 1 is 1.24 bits per heavy atom. The molecular weight excluding hydrogens is 373 g/mol. The molecule has 0 saturated heterocycles. The summed E-state index contributed by atoms with van der Waals surface area (Å²) < 4.78 is 25.1. The second-order valence-electron chi connectivity index (χ2n) is 6.28. The minimum Gasteiger partial charge on any atom is -0.490 e. The van der Waals surface area contributed by atoms with Gasteiger partial charge in [-0.05, 0) is 24.6 Å². The normalized spacial score (nSPS) is 10.2. The number of methoxy groups -OCH3 is 1. The van der Waals surface area contributed by atoms with E-state index < -0.39 is 11.7 Å². The first-order chi connectivity index (χ1) is 14.1. The van der Waals surface area contributed by atoms with E-state index in [4.69, 9.17) is 15.2 Å². The van der Waals surface area contributed by atoms with Gasteiger partial charge in [0.25, 0.3) is 5.91 Å². The van der Waals surface area contributed by atoms with E-state index in [9.17, 15) is 9.18 Å². The van der Waals surface area contributed by atoms with Crippen LogP contribution in [-0.4, -0.2) is 24.6 Å². The number of anilines is 1. The average molecular weight is 399 g/mol. The van der Waals surface area contributed by atoms with Crippen molar-refractivity contribution in [2.75, 3.05) is 19.5 Å². The lowest BCUT2D eigenvalue weighted by Crippen LogP contribution is -2.25. The first-order valence-corrected chi connectivity index (χ1v) is 9.45. The first-order valence-electron chi connectivity index (χ1n) is 9.45. The monoisotopic (exact) mass is 399 g/mol. The number of nitrogens with zero attached hydrogens (tertiary/aromatic N) is 1. The summed E-state index contributed by atoms with van der Waals surface area (Å²) in [6, 6.07) is 8.05. The molecule has 2 rings (SSSR count). The molecule has 29 heavy (non-hydrogen) atoms. The third kappa shape index (κ3) is 6.77. The van der Waals surface area contributed by atoms with E-state index in [0.717, 1.165) is 12.8 Å². The van der Waals surface area contributed by atoms with Crippen LogP contribution in [0.5, 0.6) is 5.75 Å². The average Bonchev–Trinajstić information content (AvgIpc) is 2.71. The highest BCUT2D eigenvalue weighted by Crippen LogP contribution is 2.21. The van der Waals surface area contributed by atoms with Crippen LogP contribution >= 0.6 is 0 Å². The summed E-state index contributed by atoms with van der Waals surface area (Å²) in [5, 5.41) is 2.66. The minimum absolute atomic E-state index is 0.00254. The van der Waals surface area contributed by atoms with Crippen LogP contribution in [0.3, 0.4) is 0 Å². The number of rotatable bonds is 9. The summed E-state index contributed by atoms with van der Waals surface area (Å²) in [5.74, 6) is 5.30. The molecule has 1 amide bonds. The number of carbonyl (C=O) groups excluding carboxylic acids is 1. The third-order valence-corrected chi connectivity index (χ3v) is 3.99. The maximum absolute atomic E-state index is 14.6. The van der Waals surface area contributed by atoms with Gasteiger partial charge >= 0.3 is 0 Å². The smallest absolute Gasteiger partial charge is 0.255 e. The quantitative estimate of drug-likeness (QED) is 0.498. The number of benzene rings is 1. The zero-order valence-electron chi connectivity index (χ0n) is 16.8. The molecule has 2 aromatic rings. The highest BCUT2D eigenvalue weighted by molar-refractivity contribution is 5.98. The molecule has 0 spiro atoms. The summed E-state index contributed by atoms with van der Waals surface area (Å²) in [6.07, 6.45) is 2.39. The second kappa shape index (κ2) is 11.7. The fourth-order valence-electron chi connectivity index (χ4n) is 2.53. The molecule has 0 saturated carbocycles. The van der Waals surface area contributed by atoms with Crippen molar-refractivity contribution in [2.45, 2.75) is 39.3 Å². The molecular formula is C22H26FN3O3. The number of pyridine rings is 1. The van der Waals surface area contributed by atoms with Gasteiger partial charge in [0.2, 0.25) is 0 Å². The largest absolute Gasteiger partial charge is 0.490 e. The Hall–Kier alpha value is -3.11. The molecule has 0 aliphatic heterocycles. The van der Waals surface area contributed by atoms with Crippen LogP contribution in [-0.2, 0) is 17.9 Å². The van der Waals surface area contributed by atoms with Crippen molar-refractivity contribution in [3.63, 3.8) is 0 Å². The molecule has 0 radical (unpaired) electrons. The van der Waals surface area contributed by atoms with Gasteiger partial charge in [0.05, 0.1) is 24.5 Å². The standard InChI is InChI=1S/C22H26FN3O3/c1-3-4-5-6-7-13-29-19-10-8-9-16(20(19)23)14-25-22(27)18-12-11-17(15-28-2)26-21(18)24/h8-12H,3-4,7,13-15H2,1-2H3,(H2,24,26)(H,25,27). The number of unbranched alkanes of at least 4 members (excludes halogenated alkanes) is 1. The predicted octanol–water partition coefficient (Wildman–Crippen LogP) is 3.45. The molecule has 0 unspecified atom stereocenters. The third-order valence-electron chi connectivity index (χ3n) is 3.99. The maximum atomic E-state index is 14.6. The van der Waals surface area contributed by atoms with Gasteiger partial charge in [0.15, 0.2) is 11.6 Å². The molecule has 0 atom stereocenters. The van der Waals surface area contributed by atoms with Crippen LogP contribution in [0, 0.1) is 17.7 Å². The van der Waals surface area contributed by atoms with Crippen molar-refractivity contribution in [2.24, 2.45) is 0 Å². The van der Waals surface area contributed by atoms with Crippen molar-refractivity contribution in [3.05, 3.63) is 53.0 Å². The highest BCUT2D eigenvalue weighted by Gasteiger charge is 2.14. The van der Waals surface area contributed by atoms with E-state index in [0.29, 0.717) is 30.9 Å². The molecule has 6 nitrogen and oxygen atoms in total. The minimum atomic E-state index is -0.504. The van der Waals surface area contributed by atoms with Gasteiger partial charge in [-0.1, -0.05) is 25.0 Å². The van der Waals surface area contributed by atoms with E-state index in [1.54, 1.807) is 37.4 Å². The first kappa shape index (κ1) is 22.2. The lowest BCUT2D eigenvalue weighted by atomic mass is 10.1. The lowest BCUT2D eigenvalue weighted by Gasteiger charge is -2.11. The summed E-state index contributed by atoms with van der Waals surface area (Å²) in [7, 11) is 1.55. The van der Waals surface area contributed by atoms with Gasteiger partial charge in [-0.25, -0.2) is 9.37 Å². The summed E-state index contributed by atoms with van der Waals surface area (Å²) >= 11 is 0. The van der Waals surface area contributed by atoms with Crippen LogP contribution in [0.2, 0.25) is 0 Å². The Morgan fingerprint density at radius 3 is 2.76 bits per heavy atom. The molecule has 1 aromatic carbocycles. The molecule has 1 aromatic heterocycles. The molecule has 3 N–H and O–H groups in total. The molecule has 154 valence electrons. The van der Waals surface area contributed by atoms with Crippen LogP contribution in [0.4, 0.5) is 10.2 Å². The Morgan fingerprint density at radius 2 is 2.03 bits per heavy atom. The van der Waals surface area contributed by atoms with E-state index in [1.165, 1.54) is 0 Å². The van der Waals surface area contributed by atoms with Crippen molar-refractivity contribution >= 4 is 11.7 Å². The zero-order valence-corrected chi connectivity index (χ0v) is 16.8.